The maximum absolute atomic E-state index is 13.6. The molecule has 0 fully saturated rings. The minimum absolute atomic E-state index is 0.0822. The summed E-state index contributed by atoms with van der Waals surface area (Å²) in [5, 5.41) is 10.8. The number of carbonyl (C=O) groups is 1. The van der Waals surface area contributed by atoms with Crippen LogP contribution in [0, 0.1) is 0 Å². The van der Waals surface area contributed by atoms with Gasteiger partial charge in [0.1, 0.15) is 5.75 Å². The van der Waals surface area contributed by atoms with Gasteiger partial charge in [-0.05, 0) is 56.0 Å². The van der Waals surface area contributed by atoms with Crippen LogP contribution in [-0.4, -0.2) is 28.5 Å². The minimum atomic E-state index is -0.704. The third-order valence-electron chi connectivity index (χ3n) is 5.29. The van der Waals surface area contributed by atoms with Gasteiger partial charge in [0, 0.05) is 15.5 Å². The minimum Gasteiger partial charge on any atom is -0.506 e. The van der Waals surface area contributed by atoms with Gasteiger partial charge in [-0.3, -0.25) is 9.36 Å². The van der Waals surface area contributed by atoms with E-state index in [-0.39, 0.29) is 22.9 Å². The highest BCUT2D eigenvalue weighted by molar-refractivity contribution is 7.98. The number of nitrogens with zero attached hydrogens (tertiary/aromatic N) is 2. The number of halogens is 2. The Morgan fingerprint density at radius 3 is 2.65 bits per heavy atom. The van der Waals surface area contributed by atoms with Crippen LogP contribution in [0.5, 0.6) is 5.75 Å². The van der Waals surface area contributed by atoms with Crippen molar-refractivity contribution in [3.63, 3.8) is 0 Å². The molecule has 1 atom stereocenters. The van der Waals surface area contributed by atoms with E-state index in [9.17, 15) is 14.7 Å². The largest absolute Gasteiger partial charge is 0.506 e. The standard InChI is InChI=1S/C24H20Cl2N2O4S2/c1-4-32-23(31)19-12(2)27-24-28(20(19)13-5-7-16(33-3)8-6-13)22(30)18(34-24)10-14-9-15(25)11-17(26)21(14)29/h5-11,20,29H,4H2,1-3H3/b18-10-/t20-/m1/s1. The molecular formula is C24H20Cl2N2O4S2. The number of allylic oxidation sites excluding steroid dienone is 1. The van der Waals surface area contributed by atoms with Gasteiger partial charge in [-0.25, -0.2) is 9.79 Å². The van der Waals surface area contributed by atoms with Gasteiger partial charge in [-0.1, -0.05) is 46.7 Å². The van der Waals surface area contributed by atoms with Gasteiger partial charge in [0.25, 0.3) is 5.56 Å². The van der Waals surface area contributed by atoms with Crippen LogP contribution in [0.4, 0.5) is 0 Å². The summed E-state index contributed by atoms with van der Waals surface area (Å²) in [6.07, 6.45) is 3.50. The summed E-state index contributed by atoms with van der Waals surface area (Å²) >= 11 is 14.9. The van der Waals surface area contributed by atoms with Crippen LogP contribution < -0.4 is 14.9 Å². The lowest BCUT2D eigenvalue weighted by molar-refractivity contribution is -0.139. The normalized spacial score (nSPS) is 15.8. The molecule has 1 aromatic heterocycles. The topological polar surface area (TPSA) is 80.9 Å². The summed E-state index contributed by atoms with van der Waals surface area (Å²) in [6.45, 7) is 3.66. The average Bonchev–Trinajstić information content (AvgIpc) is 3.10. The first kappa shape index (κ1) is 24.6. The molecule has 0 saturated carbocycles. The average molecular weight is 535 g/mol. The van der Waals surface area contributed by atoms with Crippen molar-refractivity contribution in [2.24, 2.45) is 4.99 Å². The van der Waals surface area contributed by atoms with Gasteiger partial charge in [-0.15, -0.1) is 11.8 Å². The summed E-state index contributed by atoms with van der Waals surface area (Å²) < 4.78 is 7.11. The van der Waals surface area contributed by atoms with Crippen LogP contribution in [0.1, 0.15) is 31.0 Å². The lowest BCUT2D eigenvalue weighted by atomic mass is 9.96. The van der Waals surface area contributed by atoms with Crippen molar-refractivity contribution < 1.29 is 14.6 Å². The molecule has 6 nitrogen and oxygen atoms in total. The van der Waals surface area contributed by atoms with Gasteiger partial charge in [0.15, 0.2) is 4.80 Å². The van der Waals surface area contributed by atoms with Crippen LogP contribution in [0.2, 0.25) is 10.0 Å². The fourth-order valence-corrected chi connectivity index (χ4v) is 5.69. The fourth-order valence-electron chi connectivity index (χ4n) is 3.73. The molecule has 10 heteroatoms. The number of benzene rings is 2. The Hall–Kier alpha value is -2.52. The van der Waals surface area contributed by atoms with Crippen LogP contribution in [0.15, 0.2) is 62.4 Å². The third kappa shape index (κ3) is 4.55. The van der Waals surface area contributed by atoms with Crippen molar-refractivity contribution in [3.8, 4) is 5.75 Å². The van der Waals surface area contributed by atoms with Crippen molar-refractivity contribution in [1.82, 2.24) is 4.57 Å². The van der Waals surface area contributed by atoms with E-state index in [1.54, 1.807) is 25.6 Å². The van der Waals surface area contributed by atoms with Crippen molar-refractivity contribution in [2.75, 3.05) is 12.9 Å². The van der Waals surface area contributed by atoms with Gasteiger partial charge < -0.3 is 9.84 Å². The first-order valence-electron chi connectivity index (χ1n) is 10.3. The molecule has 1 N–H and O–H groups in total. The molecule has 0 amide bonds. The van der Waals surface area contributed by atoms with Crippen LogP contribution in [0.3, 0.4) is 0 Å². The van der Waals surface area contributed by atoms with Gasteiger partial charge in [0.2, 0.25) is 0 Å². The van der Waals surface area contributed by atoms with E-state index in [0.717, 1.165) is 21.8 Å². The zero-order valence-electron chi connectivity index (χ0n) is 18.5. The summed E-state index contributed by atoms with van der Waals surface area (Å²) in [5.74, 6) is -0.694. The highest BCUT2D eigenvalue weighted by Crippen LogP contribution is 2.33. The Kier molecular flexibility index (Phi) is 7.23. The van der Waals surface area contributed by atoms with Crippen LogP contribution in [0.25, 0.3) is 6.08 Å². The molecule has 0 aliphatic carbocycles. The second-order valence-electron chi connectivity index (χ2n) is 7.40. The lowest BCUT2D eigenvalue weighted by Crippen LogP contribution is -2.39. The van der Waals surface area contributed by atoms with Crippen molar-refractivity contribution in [3.05, 3.63) is 88.5 Å². The molecule has 0 saturated heterocycles. The highest BCUT2D eigenvalue weighted by atomic mass is 35.5. The van der Waals surface area contributed by atoms with E-state index in [1.807, 2.05) is 30.5 Å². The van der Waals surface area contributed by atoms with Gasteiger partial charge in [-0.2, -0.15) is 0 Å². The highest BCUT2D eigenvalue weighted by Gasteiger charge is 2.33. The molecule has 34 heavy (non-hydrogen) atoms. The van der Waals surface area contributed by atoms with E-state index >= 15 is 0 Å². The number of aromatic nitrogens is 1. The molecular weight excluding hydrogens is 515 g/mol. The predicted octanol–water partition coefficient (Wildman–Crippen LogP) is 4.53. The number of ether oxygens (including phenoxy) is 1. The molecule has 4 rings (SSSR count). The molecule has 3 aromatic rings. The Labute approximate surface area is 213 Å². The first-order valence-corrected chi connectivity index (χ1v) is 13.1. The summed E-state index contributed by atoms with van der Waals surface area (Å²) in [6, 6.07) is 9.92. The second kappa shape index (κ2) is 10.00. The SMILES string of the molecule is CCOC(=O)C1=C(C)N=c2s/c(=C\c3cc(Cl)cc(Cl)c3O)c(=O)n2[C@@H]1c1ccc(SC)cc1. The van der Waals surface area contributed by atoms with Crippen molar-refractivity contribution in [1.29, 1.82) is 0 Å². The Morgan fingerprint density at radius 2 is 2.00 bits per heavy atom. The molecule has 0 spiro atoms. The molecule has 1 aliphatic heterocycles. The third-order valence-corrected chi connectivity index (χ3v) is 7.53. The Balaban J connectivity index is 1.97. The number of aromatic hydroxyl groups is 1. The second-order valence-corrected chi connectivity index (χ2v) is 10.1. The molecule has 0 unspecified atom stereocenters. The smallest absolute Gasteiger partial charge is 0.338 e. The number of phenols is 1. The van der Waals surface area contributed by atoms with Gasteiger partial charge in [0.05, 0.1) is 33.5 Å². The predicted molar refractivity (Wildman–Crippen MR) is 137 cm³/mol. The van der Waals surface area contributed by atoms with E-state index in [0.29, 0.717) is 31.2 Å². The zero-order valence-corrected chi connectivity index (χ0v) is 21.6. The lowest BCUT2D eigenvalue weighted by Gasteiger charge is -2.24. The number of hydrogen-bond acceptors (Lipinski definition) is 7. The molecule has 176 valence electrons. The number of phenolic OH excluding ortho intramolecular Hbond substituents is 1. The monoisotopic (exact) mass is 534 g/mol. The number of thiazole rings is 1. The number of thioether (sulfide) groups is 1. The number of hydrogen-bond donors (Lipinski definition) is 1. The maximum Gasteiger partial charge on any atom is 0.338 e. The molecule has 0 bridgehead atoms. The molecule has 1 aliphatic rings. The Morgan fingerprint density at radius 1 is 1.29 bits per heavy atom. The van der Waals surface area contributed by atoms with Crippen LogP contribution in [-0.2, 0) is 9.53 Å². The van der Waals surface area contributed by atoms with Gasteiger partial charge >= 0.3 is 5.97 Å². The first-order chi connectivity index (χ1) is 16.2. The van der Waals surface area contributed by atoms with E-state index in [4.69, 9.17) is 27.9 Å². The van der Waals surface area contributed by atoms with E-state index in [2.05, 4.69) is 4.99 Å². The molecule has 2 aromatic carbocycles. The van der Waals surface area contributed by atoms with Crippen molar-refractivity contribution >= 4 is 58.3 Å². The number of fused-ring (bicyclic) bond motifs is 1. The fraction of sp³-hybridized carbons (Fsp3) is 0.208. The molecule has 2 heterocycles. The zero-order chi connectivity index (χ0) is 24.6. The summed E-state index contributed by atoms with van der Waals surface area (Å²) in [7, 11) is 0. The molecule has 0 radical (unpaired) electrons. The van der Waals surface area contributed by atoms with E-state index in [1.165, 1.54) is 22.8 Å². The Bertz CT molecular complexity index is 1490. The van der Waals surface area contributed by atoms with Crippen molar-refractivity contribution in [2.45, 2.75) is 24.8 Å². The van der Waals surface area contributed by atoms with Crippen LogP contribution >= 0.6 is 46.3 Å². The maximum atomic E-state index is 13.6. The number of esters is 1. The number of carbonyl (C=O) groups excluding carboxylic acids is 1. The quantitative estimate of drug-likeness (QED) is 0.384. The van der Waals surface area contributed by atoms with E-state index < -0.39 is 12.0 Å². The number of rotatable bonds is 5. The summed E-state index contributed by atoms with van der Waals surface area (Å²) in [5.41, 5.74) is 1.51. The summed E-state index contributed by atoms with van der Waals surface area (Å²) in [4.78, 5) is 32.6.